The van der Waals surface area contributed by atoms with Crippen molar-refractivity contribution in [2.75, 3.05) is 0 Å². The maximum Gasteiger partial charge on any atom is 0.216 e. The van der Waals surface area contributed by atoms with Gasteiger partial charge in [0.15, 0.2) is 0 Å². The van der Waals surface area contributed by atoms with E-state index in [9.17, 15) is 4.39 Å². The molecule has 1 heterocycles. The van der Waals surface area contributed by atoms with Gasteiger partial charge in [0.05, 0.1) is 5.69 Å². The highest BCUT2D eigenvalue weighted by molar-refractivity contribution is 5.58. The van der Waals surface area contributed by atoms with Crippen LogP contribution in [0.5, 0.6) is 0 Å². The van der Waals surface area contributed by atoms with Crippen molar-refractivity contribution in [2.24, 2.45) is 5.92 Å². The maximum atomic E-state index is 14.2. The number of rotatable bonds is 4. The first kappa shape index (κ1) is 13.7. The van der Waals surface area contributed by atoms with Crippen molar-refractivity contribution in [1.82, 2.24) is 4.98 Å². The minimum Gasteiger partial charge on any atom is -0.219 e. The number of pyridine rings is 1. The highest BCUT2D eigenvalue weighted by Gasteiger charge is 2.18. The molecule has 2 aromatic rings. The third kappa shape index (κ3) is 3.01. The molecule has 0 bridgehead atoms. The van der Waals surface area contributed by atoms with Crippen LogP contribution in [0.3, 0.4) is 0 Å². The number of hydrogen-bond donors (Lipinski definition) is 0. The Kier molecular flexibility index (Phi) is 4.31. The molecule has 0 radical (unpaired) electrons. The van der Waals surface area contributed by atoms with E-state index in [0.717, 1.165) is 17.5 Å². The number of aromatic nitrogens is 1. The summed E-state index contributed by atoms with van der Waals surface area (Å²) in [5.74, 6) is 0.322. The Morgan fingerprint density at radius 3 is 2.26 bits per heavy atom. The first-order chi connectivity index (χ1) is 9.13. The fourth-order valence-corrected chi connectivity index (χ4v) is 2.54. The molecule has 0 aliphatic rings. The van der Waals surface area contributed by atoms with Gasteiger partial charge in [-0.05, 0) is 24.3 Å². The monoisotopic (exact) mass is 257 g/mol. The van der Waals surface area contributed by atoms with Crippen LogP contribution < -0.4 is 0 Å². The summed E-state index contributed by atoms with van der Waals surface area (Å²) in [5, 5.41) is 0. The predicted molar refractivity (Wildman–Crippen MR) is 77.5 cm³/mol. The van der Waals surface area contributed by atoms with Crippen molar-refractivity contribution in [2.45, 2.75) is 33.1 Å². The fourth-order valence-electron chi connectivity index (χ4n) is 2.54. The van der Waals surface area contributed by atoms with Crippen molar-refractivity contribution in [3.63, 3.8) is 0 Å². The Hall–Kier alpha value is -1.70. The van der Waals surface area contributed by atoms with Gasteiger partial charge in [-0.15, -0.1) is 0 Å². The van der Waals surface area contributed by atoms with Crippen molar-refractivity contribution in [1.29, 1.82) is 0 Å². The number of benzene rings is 1. The third-order valence-electron chi connectivity index (χ3n) is 3.59. The van der Waals surface area contributed by atoms with E-state index in [2.05, 4.69) is 25.8 Å². The van der Waals surface area contributed by atoms with Gasteiger partial charge in [0.2, 0.25) is 5.95 Å². The molecule has 0 aliphatic heterocycles. The molecule has 19 heavy (non-hydrogen) atoms. The van der Waals surface area contributed by atoms with E-state index in [1.807, 2.05) is 42.5 Å². The van der Waals surface area contributed by atoms with Crippen LogP contribution in [0.1, 0.15) is 38.7 Å². The van der Waals surface area contributed by atoms with Crippen LogP contribution in [0.25, 0.3) is 11.3 Å². The lowest BCUT2D eigenvalue weighted by Gasteiger charge is -2.19. The molecule has 1 atom stereocenters. The summed E-state index contributed by atoms with van der Waals surface area (Å²) < 4.78 is 14.2. The lowest BCUT2D eigenvalue weighted by Crippen LogP contribution is -2.09. The summed E-state index contributed by atoms with van der Waals surface area (Å²) in [5.41, 5.74) is 2.38. The summed E-state index contributed by atoms with van der Waals surface area (Å²) >= 11 is 0. The summed E-state index contributed by atoms with van der Waals surface area (Å²) in [6.07, 6.45) is 0.931. The molecule has 0 amide bonds. The molecular weight excluding hydrogens is 237 g/mol. The largest absolute Gasteiger partial charge is 0.219 e. The predicted octanol–water partition coefficient (Wildman–Crippen LogP) is 5.04. The van der Waals surface area contributed by atoms with Gasteiger partial charge in [-0.1, -0.05) is 57.2 Å². The quantitative estimate of drug-likeness (QED) is 0.699. The maximum absolute atomic E-state index is 14.2. The van der Waals surface area contributed by atoms with E-state index in [1.54, 1.807) is 0 Å². The van der Waals surface area contributed by atoms with Gasteiger partial charge in [-0.2, -0.15) is 4.39 Å². The first-order valence-electron chi connectivity index (χ1n) is 6.85. The van der Waals surface area contributed by atoms with E-state index >= 15 is 0 Å². The zero-order valence-electron chi connectivity index (χ0n) is 11.7. The molecule has 1 aromatic carbocycles. The second-order valence-electron chi connectivity index (χ2n) is 5.20. The smallest absolute Gasteiger partial charge is 0.216 e. The Bertz CT molecular complexity index is 534. The molecule has 2 heteroatoms. The molecule has 0 fully saturated rings. The van der Waals surface area contributed by atoms with Crippen molar-refractivity contribution in [3.05, 3.63) is 54.0 Å². The minimum absolute atomic E-state index is 0.234. The van der Waals surface area contributed by atoms with E-state index in [0.29, 0.717) is 11.6 Å². The lowest BCUT2D eigenvalue weighted by atomic mass is 9.87. The van der Waals surface area contributed by atoms with E-state index < -0.39 is 0 Å². The Labute approximate surface area is 114 Å². The highest BCUT2D eigenvalue weighted by atomic mass is 19.1. The Morgan fingerprint density at radius 2 is 1.74 bits per heavy atom. The zero-order valence-corrected chi connectivity index (χ0v) is 11.7. The standard InChI is InChI=1S/C17H20FN/c1-4-14(12(2)3)15-10-11-16(19-17(15)18)13-8-6-5-7-9-13/h5-12,14H,4H2,1-3H3. The molecule has 1 aromatic heterocycles. The van der Waals surface area contributed by atoms with E-state index in [-0.39, 0.29) is 11.9 Å². The van der Waals surface area contributed by atoms with Crippen LogP contribution in [0, 0.1) is 11.9 Å². The molecule has 0 saturated carbocycles. The molecule has 0 spiro atoms. The molecule has 100 valence electrons. The van der Waals surface area contributed by atoms with Crippen molar-refractivity contribution in [3.8, 4) is 11.3 Å². The van der Waals surface area contributed by atoms with Gasteiger partial charge in [0.25, 0.3) is 0 Å². The topological polar surface area (TPSA) is 12.9 Å². The summed E-state index contributed by atoms with van der Waals surface area (Å²) in [7, 11) is 0. The lowest BCUT2D eigenvalue weighted by molar-refractivity contribution is 0.452. The molecule has 2 rings (SSSR count). The van der Waals surface area contributed by atoms with Crippen LogP contribution in [0.2, 0.25) is 0 Å². The highest BCUT2D eigenvalue weighted by Crippen LogP contribution is 2.30. The number of halogens is 1. The van der Waals surface area contributed by atoms with Crippen LogP contribution in [0.4, 0.5) is 4.39 Å². The van der Waals surface area contributed by atoms with E-state index in [1.165, 1.54) is 0 Å². The van der Waals surface area contributed by atoms with E-state index in [4.69, 9.17) is 0 Å². The van der Waals surface area contributed by atoms with Crippen molar-refractivity contribution < 1.29 is 4.39 Å². The van der Waals surface area contributed by atoms with Gasteiger partial charge < -0.3 is 0 Å². The van der Waals surface area contributed by atoms with Gasteiger partial charge in [0, 0.05) is 11.1 Å². The average Bonchev–Trinajstić information content (AvgIpc) is 2.42. The van der Waals surface area contributed by atoms with Crippen molar-refractivity contribution >= 4 is 0 Å². The number of hydrogen-bond acceptors (Lipinski definition) is 1. The number of nitrogens with zero attached hydrogens (tertiary/aromatic N) is 1. The van der Waals surface area contributed by atoms with Crippen LogP contribution in [0.15, 0.2) is 42.5 Å². The van der Waals surface area contributed by atoms with Gasteiger partial charge in [-0.25, -0.2) is 4.98 Å². The Morgan fingerprint density at radius 1 is 1.05 bits per heavy atom. The summed E-state index contributed by atoms with van der Waals surface area (Å²) in [6, 6.07) is 13.5. The minimum atomic E-state index is -0.332. The SMILES string of the molecule is CCC(c1ccc(-c2ccccc2)nc1F)C(C)C. The molecule has 1 unspecified atom stereocenters. The van der Waals surface area contributed by atoms with Crippen LogP contribution in [-0.4, -0.2) is 4.98 Å². The zero-order chi connectivity index (χ0) is 13.8. The molecule has 0 N–H and O–H groups in total. The third-order valence-corrected chi connectivity index (χ3v) is 3.59. The normalized spacial score (nSPS) is 12.7. The van der Waals surface area contributed by atoms with Gasteiger partial charge >= 0.3 is 0 Å². The van der Waals surface area contributed by atoms with Crippen LogP contribution >= 0.6 is 0 Å². The van der Waals surface area contributed by atoms with Gasteiger partial charge in [-0.3, -0.25) is 0 Å². The fraction of sp³-hybridized carbons (Fsp3) is 0.353. The molecule has 0 aliphatic carbocycles. The molecular formula is C17H20FN. The second-order valence-corrected chi connectivity index (χ2v) is 5.20. The summed E-state index contributed by atoms with van der Waals surface area (Å²) in [4.78, 5) is 4.13. The van der Waals surface area contributed by atoms with Crippen LogP contribution in [-0.2, 0) is 0 Å². The Balaban J connectivity index is 2.37. The first-order valence-corrected chi connectivity index (χ1v) is 6.85. The summed E-state index contributed by atoms with van der Waals surface area (Å²) in [6.45, 7) is 6.34. The average molecular weight is 257 g/mol. The van der Waals surface area contributed by atoms with Gasteiger partial charge in [0.1, 0.15) is 0 Å². The second kappa shape index (κ2) is 5.96. The molecule has 0 saturated heterocycles. The molecule has 1 nitrogen and oxygen atoms in total.